The number of aryl methyl sites for hydroxylation is 1. The summed E-state index contributed by atoms with van der Waals surface area (Å²) in [5, 5.41) is 18.6. The maximum Gasteiger partial charge on any atom is 0.273 e. The van der Waals surface area contributed by atoms with Crippen LogP contribution in [-0.2, 0) is 6.54 Å². The van der Waals surface area contributed by atoms with E-state index in [0.29, 0.717) is 29.9 Å². The van der Waals surface area contributed by atoms with Gasteiger partial charge >= 0.3 is 0 Å². The molecular weight excluding hydrogens is 306 g/mol. The van der Waals surface area contributed by atoms with Crippen LogP contribution < -0.4 is 10.6 Å². The van der Waals surface area contributed by atoms with E-state index in [9.17, 15) is 9.59 Å². The first-order valence-electron chi connectivity index (χ1n) is 7.76. The molecule has 1 aromatic carbocycles. The van der Waals surface area contributed by atoms with Gasteiger partial charge in [-0.15, -0.1) is 0 Å². The quantitative estimate of drug-likeness (QED) is 0.850. The Kier molecular flexibility index (Phi) is 5.68. The maximum atomic E-state index is 12.4. The molecule has 24 heavy (non-hydrogen) atoms. The van der Waals surface area contributed by atoms with Gasteiger partial charge < -0.3 is 10.6 Å². The first-order valence-corrected chi connectivity index (χ1v) is 7.76. The highest BCUT2D eigenvalue weighted by atomic mass is 16.2. The molecule has 0 atom stereocenters. The van der Waals surface area contributed by atoms with E-state index < -0.39 is 5.91 Å². The van der Waals surface area contributed by atoms with Crippen LogP contribution in [0.3, 0.4) is 0 Å². The minimum Gasteiger partial charge on any atom is -0.351 e. The summed E-state index contributed by atoms with van der Waals surface area (Å²) in [4.78, 5) is 24.6. The minimum atomic E-state index is -0.396. The number of hydrogen-bond donors (Lipinski definition) is 2. The Morgan fingerprint density at radius 1 is 1.29 bits per heavy atom. The SMILES string of the molecule is CCCNC(=O)c1nn(CC)cc1NC(=O)c1cccc(C#N)c1. The Bertz CT molecular complexity index is 789. The van der Waals surface area contributed by atoms with Gasteiger partial charge in [-0.1, -0.05) is 13.0 Å². The second-order valence-corrected chi connectivity index (χ2v) is 5.15. The van der Waals surface area contributed by atoms with E-state index in [2.05, 4.69) is 15.7 Å². The summed E-state index contributed by atoms with van der Waals surface area (Å²) in [5.74, 6) is -0.725. The first kappa shape index (κ1) is 17.2. The largest absolute Gasteiger partial charge is 0.351 e. The van der Waals surface area contributed by atoms with Gasteiger partial charge in [0.05, 0.1) is 17.3 Å². The zero-order valence-electron chi connectivity index (χ0n) is 13.7. The molecule has 0 saturated carbocycles. The van der Waals surface area contributed by atoms with Crippen LogP contribution in [0.25, 0.3) is 0 Å². The topological polar surface area (TPSA) is 99.8 Å². The molecule has 2 rings (SSSR count). The molecule has 0 unspecified atom stereocenters. The molecule has 0 fully saturated rings. The number of carbonyl (C=O) groups is 2. The number of nitrogens with one attached hydrogen (secondary N) is 2. The fourth-order valence-corrected chi connectivity index (χ4v) is 2.09. The highest BCUT2D eigenvalue weighted by Crippen LogP contribution is 2.16. The molecule has 1 heterocycles. The number of carbonyl (C=O) groups excluding carboxylic acids is 2. The number of amides is 2. The molecule has 0 aliphatic heterocycles. The summed E-state index contributed by atoms with van der Waals surface area (Å²) in [6, 6.07) is 8.35. The Morgan fingerprint density at radius 3 is 2.75 bits per heavy atom. The second kappa shape index (κ2) is 7.92. The van der Waals surface area contributed by atoms with Crippen molar-refractivity contribution in [3.05, 3.63) is 47.3 Å². The molecular formula is C17H19N5O2. The van der Waals surface area contributed by atoms with Crippen LogP contribution in [0.5, 0.6) is 0 Å². The van der Waals surface area contributed by atoms with E-state index in [0.717, 1.165) is 6.42 Å². The number of anilines is 1. The van der Waals surface area contributed by atoms with Crippen LogP contribution in [0.2, 0.25) is 0 Å². The van der Waals surface area contributed by atoms with Gasteiger partial charge in [-0.3, -0.25) is 14.3 Å². The lowest BCUT2D eigenvalue weighted by Gasteiger charge is -2.06. The third-order valence-corrected chi connectivity index (χ3v) is 3.34. The Balaban J connectivity index is 2.24. The average Bonchev–Trinajstić information content (AvgIpc) is 3.02. The van der Waals surface area contributed by atoms with Crippen molar-refractivity contribution in [3.63, 3.8) is 0 Å². The first-order chi connectivity index (χ1) is 11.6. The smallest absolute Gasteiger partial charge is 0.273 e. The summed E-state index contributed by atoms with van der Waals surface area (Å²) in [7, 11) is 0. The molecule has 0 aliphatic carbocycles. The van der Waals surface area contributed by atoms with Crippen molar-refractivity contribution in [2.45, 2.75) is 26.8 Å². The summed E-state index contributed by atoms with van der Waals surface area (Å²) in [6.45, 7) is 4.96. The van der Waals surface area contributed by atoms with Crippen LogP contribution in [0, 0.1) is 11.3 Å². The van der Waals surface area contributed by atoms with E-state index in [1.807, 2.05) is 19.9 Å². The van der Waals surface area contributed by atoms with E-state index in [4.69, 9.17) is 5.26 Å². The van der Waals surface area contributed by atoms with Gasteiger partial charge in [0, 0.05) is 24.8 Å². The number of benzene rings is 1. The van der Waals surface area contributed by atoms with Crippen LogP contribution in [0.4, 0.5) is 5.69 Å². The molecule has 2 aromatic rings. The molecule has 0 radical (unpaired) electrons. The molecule has 0 bridgehead atoms. The van der Waals surface area contributed by atoms with E-state index in [1.54, 1.807) is 29.1 Å². The highest BCUT2D eigenvalue weighted by Gasteiger charge is 2.18. The van der Waals surface area contributed by atoms with Crippen LogP contribution in [0.1, 0.15) is 46.7 Å². The fraction of sp³-hybridized carbons (Fsp3) is 0.294. The number of nitrogens with zero attached hydrogens (tertiary/aromatic N) is 3. The van der Waals surface area contributed by atoms with E-state index in [-0.39, 0.29) is 11.6 Å². The lowest BCUT2D eigenvalue weighted by molar-refractivity contribution is 0.0948. The third-order valence-electron chi connectivity index (χ3n) is 3.34. The zero-order valence-corrected chi connectivity index (χ0v) is 13.7. The van der Waals surface area contributed by atoms with Gasteiger partial charge in [0.15, 0.2) is 5.69 Å². The van der Waals surface area contributed by atoms with Crippen molar-refractivity contribution in [1.82, 2.24) is 15.1 Å². The molecule has 1 aromatic heterocycles. The number of hydrogen-bond acceptors (Lipinski definition) is 4. The summed E-state index contributed by atoms with van der Waals surface area (Å²) < 4.78 is 1.59. The van der Waals surface area contributed by atoms with Gasteiger partial charge in [-0.25, -0.2) is 0 Å². The van der Waals surface area contributed by atoms with Crippen LogP contribution in [0.15, 0.2) is 30.5 Å². The van der Waals surface area contributed by atoms with Crippen LogP contribution >= 0.6 is 0 Å². The van der Waals surface area contributed by atoms with Gasteiger partial charge in [-0.2, -0.15) is 10.4 Å². The third kappa shape index (κ3) is 3.98. The van der Waals surface area contributed by atoms with Crippen molar-refractivity contribution >= 4 is 17.5 Å². The standard InChI is InChI=1S/C17H19N5O2/c1-3-8-19-17(24)15-14(11-22(4-2)21-15)20-16(23)13-7-5-6-12(9-13)10-18/h5-7,9,11H,3-4,8H2,1-2H3,(H,19,24)(H,20,23). The minimum absolute atomic E-state index is 0.176. The lowest BCUT2D eigenvalue weighted by Crippen LogP contribution is -2.26. The van der Waals surface area contributed by atoms with Crippen molar-refractivity contribution in [2.75, 3.05) is 11.9 Å². The molecule has 7 nitrogen and oxygen atoms in total. The van der Waals surface area contributed by atoms with E-state index in [1.165, 1.54) is 6.07 Å². The average molecular weight is 325 g/mol. The number of nitriles is 1. The highest BCUT2D eigenvalue weighted by molar-refractivity contribution is 6.08. The number of rotatable bonds is 6. The molecule has 2 N–H and O–H groups in total. The Hall–Kier alpha value is -3.14. The molecule has 0 spiro atoms. The monoisotopic (exact) mass is 325 g/mol. The molecule has 7 heteroatoms. The predicted octanol–water partition coefficient (Wildman–Crippen LogP) is 2.17. The van der Waals surface area contributed by atoms with Crippen molar-refractivity contribution < 1.29 is 9.59 Å². The zero-order chi connectivity index (χ0) is 17.5. The van der Waals surface area contributed by atoms with Crippen molar-refractivity contribution in [3.8, 4) is 6.07 Å². The second-order valence-electron chi connectivity index (χ2n) is 5.15. The van der Waals surface area contributed by atoms with Gasteiger partial charge in [0.25, 0.3) is 11.8 Å². The lowest BCUT2D eigenvalue weighted by atomic mass is 10.1. The number of aromatic nitrogens is 2. The molecule has 0 aliphatic rings. The molecule has 124 valence electrons. The summed E-state index contributed by atoms with van der Waals surface area (Å²) in [6.07, 6.45) is 2.43. The molecule has 0 saturated heterocycles. The normalized spacial score (nSPS) is 10.0. The Labute approximate surface area is 140 Å². The van der Waals surface area contributed by atoms with Gasteiger partial charge in [-0.05, 0) is 31.5 Å². The maximum absolute atomic E-state index is 12.4. The van der Waals surface area contributed by atoms with Crippen molar-refractivity contribution in [1.29, 1.82) is 5.26 Å². The van der Waals surface area contributed by atoms with Crippen molar-refractivity contribution in [2.24, 2.45) is 0 Å². The predicted molar refractivity (Wildman–Crippen MR) is 89.6 cm³/mol. The summed E-state index contributed by atoms with van der Waals surface area (Å²) in [5.41, 5.74) is 1.26. The van der Waals surface area contributed by atoms with Gasteiger partial charge in [0.2, 0.25) is 0 Å². The fourth-order valence-electron chi connectivity index (χ4n) is 2.09. The summed E-state index contributed by atoms with van der Waals surface area (Å²) >= 11 is 0. The molecule has 2 amide bonds. The van der Waals surface area contributed by atoms with Gasteiger partial charge in [0.1, 0.15) is 0 Å². The van der Waals surface area contributed by atoms with E-state index >= 15 is 0 Å². The Morgan fingerprint density at radius 2 is 2.08 bits per heavy atom. The van der Waals surface area contributed by atoms with Crippen LogP contribution in [-0.4, -0.2) is 28.1 Å².